The van der Waals surface area contributed by atoms with Crippen molar-refractivity contribution in [3.63, 3.8) is 0 Å². The van der Waals surface area contributed by atoms with Gasteiger partial charge in [-0.05, 0) is 40.2 Å². The van der Waals surface area contributed by atoms with Crippen molar-refractivity contribution >= 4 is 48.5 Å². The monoisotopic (exact) mass is 346 g/mol. The van der Waals surface area contributed by atoms with Crippen LogP contribution in [0, 0.1) is 0 Å². The second-order valence-corrected chi connectivity index (χ2v) is 6.17. The number of carbonyl (C=O) groups is 1. The Balaban J connectivity index is 1.98. The minimum absolute atomic E-state index is 0.0727. The van der Waals surface area contributed by atoms with Gasteiger partial charge in [-0.25, -0.2) is 4.98 Å². The van der Waals surface area contributed by atoms with Crippen molar-refractivity contribution in [2.75, 3.05) is 11.9 Å². The van der Waals surface area contributed by atoms with E-state index in [1.54, 1.807) is 18.0 Å². The van der Waals surface area contributed by atoms with Crippen LogP contribution in [-0.4, -0.2) is 17.9 Å². The molecule has 1 amide bonds. The summed E-state index contributed by atoms with van der Waals surface area (Å²) in [4.78, 5) is 18.6. The summed E-state index contributed by atoms with van der Waals surface area (Å²) in [5, 5.41) is 0.701. The van der Waals surface area contributed by atoms with Crippen LogP contribution in [0.3, 0.4) is 0 Å². The van der Waals surface area contributed by atoms with Gasteiger partial charge in [0.05, 0.1) is 15.8 Å². The SMILES string of the molecule is CN(C(=O)c1ccccc1Br)c1nc2ccccc2s1. The van der Waals surface area contributed by atoms with Crippen molar-refractivity contribution < 1.29 is 4.79 Å². The average Bonchev–Trinajstić information content (AvgIpc) is 2.90. The molecule has 0 aliphatic heterocycles. The lowest BCUT2D eigenvalue weighted by Crippen LogP contribution is -2.26. The third-order valence-corrected chi connectivity index (χ3v) is 4.78. The van der Waals surface area contributed by atoms with E-state index in [4.69, 9.17) is 0 Å². The highest BCUT2D eigenvalue weighted by molar-refractivity contribution is 9.10. The molecule has 5 heteroatoms. The molecule has 20 heavy (non-hydrogen) atoms. The van der Waals surface area contributed by atoms with Gasteiger partial charge in [-0.2, -0.15) is 0 Å². The van der Waals surface area contributed by atoms with Gasteiger partial charge in [-0.15, -0.1) is 0 Å². The van der Waals surface area contributed by atoms with E-state index in [2.05, 4.69) is 20.9 Å². The quantitative estimate of drug-likeness (QED) is 0.691. The lowest BCUT2D eigenvalue weighted by atomic mass is 10.2. The first-order valence-corrected chi connectivity index (χ1v) is 7.66. The summed E-state index contributed by atoms with van der Waals surface area (Å²) in [6.07, 6.45) is 0. The number of benzene rings is 2. The fourth-order valence-corrected chi connectivity index (χ4v) is 3.29. The molecule has 0 N–H and O–H groups in total. The second kappa shape index (κ2) is 5.34. The molecule has 0 saturated heterocycles. The number of amides is 1. The summed E-state index contributed by atoms with van der Waals surface area (Å²) >= 11 is 4.92. The number of para-hydroxylation sites is 1. The molecule has 1 heterocycles. The fraction of sp³-hybridized carbons (Fsp3) is 0.0667. The molecule has 3 aromatic rings. The molecule has 0 unspecified atom stereocenters. The van der Waals surface area contributed by atoms with Crippen LogP contribution in [0.5, 0.6) is 0 Å². The summed E-state index contributed by atoms with van der Waals surface area (Å²) in [5.41, 5.74) is 1.55. The maximum atomic E-state index is 12.5. The number of fused-ring (bicyclic) bond motifs is 1. The number of halogens is 1. The predicted octanol–water partition coefficient (Wildman–Crippen LogP) is 4.34. The van der Waals surface area contributed by atoms with E-state index in [1.165, 1.54) is 11.3 Å². The summed E-state index contributed by atoms with van der Waals surface area (Å²) in [5.74, 6) is -0.0727. The molecule has 0 spiro atoms. The fourth-order valence-electron chi connectivity index (χ4n) is 1.91. The van der Waals surface area contributed by atoms with Crippen LogP contribution in [0.25, 0.3) is 10.2 Å². The zero-order chi connectivity index (χ0) is 14.1. The van der Waals surface area contributed by atoms with E-state index in [0.29, 0.717) is 10.7 Å². The van der Waals surface area contributed by atoms with E-state index in [9.17, 15) is 4.79 Å². The van der Waals surface area contributed by atoms with Crippen molar-refractivity contribution in [3.05, 3.63) is 58.6 Å². The van der Waals surface area contributed by atoms with Crippen LogP contribution in [0.4, 0.5) is 5.13 Å². The molecule has 0 radical (unpaired) electrons. The molecule has 0 bridgehead atoms. The molecule has 0 atom stereocenters. The average molecular weight is 347 g/mol. The van der Waals surface area contributed by atoms with Gasteiger partial charge < -0.3 is 0 Å². The minimum Gasteiger partial charge on any atom is -0.287 e. The van der Waals surface area contributed by atoms with Gasteiger partial charge in [-0.3, -0.25) is 9.69 Å². The summed E-state index contributed by atoms with van der Waals surface area (Å²) in [7, 11) is 1.75. The van der Waals surface area contributed by atoms with Crippen molar-refractivity contribution in [1.29, 1.82) is 0 Å². The molecule has 2 aromatic carbocycles. The van der Waals surface area contributed by atoms with Gasteiger partial charge in [0.15, 0.2) is 5.13 Å². The van der Waals surface area contributed by atoms with Crippen LogP contribution in [0.2, 0.25) is 0 Å². The maximum Gasteiger partial charge on any atom is 0.260 e. The number of nitrogens with zero attached hydrogens (tertiary/aromatic N) is 2. The van der Waals surface area contributed by atoms with Crippen LogP contribution < -0.4 is 4.90 Å². The van der Waals surface area contributed by atoms with Crippen molar-refractivity contribution in [1.82, 2.24) is 4.98 Å². The molecular formula is C15H11BrN2OS. The van der Waals surface area contributed by atoms with E-state index < -0.39 is 0 Å². The lowest BCUT2D eigenvalue weighted by molar-refractivity contribution is 0.0992. The first kappa shape index (κ1) is 13.3. The molecule has 0 fully saturated rings. The molecule has 3 rings (SSSR count). The Kier molecular flexibility index (Phi) is 3.54. The third kappa shape index (κ3) is 2.34. The highest BCUT2D eigenvalue weighted by Gasteiger charge is 2.18. The maximum absolute atomic E-state index is 12.5. The largest absolute Gasteiger partial charge is 0.287 e. The highest BCUT2D eigenvalue weighted by atomic mass is 79.9. The van der Waals surface area contributed by atoms with Crippen molar-refractivity contribution in [3.8, 4) is 0 Å². The number of aromatic nitrogens is 1. The molecule has 0 aliphatic carbocycles. The third-order valence-electron chi connectivity index (χ3n) is 2.98. The smallest absolute Gasteiger partial charge is 0.260 e. The van der Waals surface area contributed by atoms with Gasteiger partial charge in [0.2, 0.25) is 0 Å². The number of hydrogen-bond donors (Lipinski definition) is 0. The molecule has 100 valence electrons. The zero-order valence-electron chi connectivity index (χ0n) is 10.7. The van der Waals surface area contributed by atoms with Crippen LogP contribution >= 0.6 is 27.3 Å². The highest BCUT2D eigenvalue weighted by Crippen LogP contribution is 2.29. The van der Waals surface area contributed by atoms with Crippen LogP contribution in [0.15, 0.2) is 53.0 Å². The zero-order valence-corrected chi connectivity index (χ0v) is 13.1. The van der Waals surface area contributed by atoms with Gasteiger partial charge in [0, 0.05) is 11.5 Å². The summed E-state index contributed by atoms with van der Waals surface area (Å²) < 4.78 is 1.87. The topological polar surface area (TPSA) is 33.2 Å². The number of hydrogen-bond acceptors (Lipinski definition) is 3. The first-order chi connectivity index (χ1) is 9.66. The Hall–Kier alpha value is -1.72. The number of rotatable bonds is 2. The molecular weight excluding hydrogens is 336 g/mol. The van der Waals surface area contributed by atoms with E-state index in [1.807, 2.05) is 42.5 Å². The Bertz CT molecular complexity index is 751. The Morgan fingerprint density at radius 1 is 1.15 bits per heavy atom. The predicted molar refractivity (Wildman–Crippen MR) is 86.5 cm³/mol. The number of carbonyl (C=O) groups excluding carboxylic acids is 1. The van der Waals surface area contributed by atoms with Crippen LogP contribution in [-0.2, 0) is 0 Å². The van der Waals surface area contributed by atoms with E-state index >= 15 is 0 Å². The van der Waals surface area contributed by atoms with Gasteiger partial charge in [0.1, 0.15) is 0 Å². The number of thiazole rings is 1. The molecule has 0 saturated carbocycles. The molecule has 3 nitrogen and oxygen atoms in total. The van der Waals surface area contributed by atoms with Crippen molar-refractivity contribution in [2.45, 2.75) is 0 Å². The molecule has 1 aromatic heterocycles. The first-order valence-electron chi connectivity index (χ1n) is 6.05. The normalized spacial score (nSPS) is 10.7. The second-order valence-electron chi connectivity index (χ2n) is 4.31. The lowest BCUT2D eigenvalue weighted by Gasteiger charge is -2.14. The van der Waals surface area contributed by atoms with Gasteiger partial charge in [-0.1, -0.05) is 35.6 Å². The van der Waals surface area contributed by atoms with Gasteiger partial charge >= 0.3 is 0 Å². The molecule has 0 aliphatic rings. The van der Waals surface area contributed by atoms with E-state index in [-0.39, 0.29) is 5.91 Å². The summed E-state index contributed by atoms with van der Waals surface area (Å²) in [6.45, 7) is 0. The Labute approximate surface area is 129 Å². The standard InChI is InChI=1S/C15H11BrN2OS/c1-18(14(19)10-6-2-3-7-11(10)16)15-17-12-8-4-5-9-13(12)20-15/h2-9H,1H3. The van der Waals surface area contributed by atoms with Crippen LogP contribution in [0.1, 0.15) is 10.4 Å². The van der Waals surface area contributed by atoms with Gasteiger partial charge in [0.25, 0.3) is 5.91 Å². The Morgan fingerprint density at radius 3 is 2.60 bits per heavy atom. The summed E-state index contributed by atoms with van der Waals surface area (Å²) in [6, 6.07) is 15.3. The van der Waals surface area contributed by atoms with E-state index in [0.717, 1.165) is 14.7 Å². The number of anilines is 1. The van der Waals surface area contributed by atoms with Crippen molar-refractivity contribution in [2.24, 2.45) is 0 Å². The Morgan fingerprint density at radius 2 is 1.85 bits per heavy atom. The minimum atomic E-state index is -0.0727.